The van der Waals surface area contributed by atoms with E-state index < -0.39 is 8.07 Å². The van der Waals surface area contributed by atoms with Crippen LogP contribution >= 0.6 is 0 Å². The lowest BCUT2D eigenvalue weighted by Crippen LogP contribution is -2.35. The topological polar surface area (TPSA) is 0 Å². The van der Waals surface area contributed by atoms with E-state index in [-0.39, 0.29) is 0 Å². The maximum absolute atomic E-state index is 2.54. The van der Waals surface area contributed by atoms with Gasteiger partial charge < -0.3 is 0 Å². The molecule has 0 bridgehead atoms. The molecule has 0 aliphatic carbocycles. The molecule has 0 N–H and O–H groups in total. The largest absolute Gasteiger partial charge is 0.0979 e. The Kier molecular flexibility index (Phi) is 5.32. The van der Waals surface area contributed by atoms with Crippen LogP contribution in [0.5, 0.6) is 0 Å². The minimum atomic E-state index is -1.20. The summed E-state index contributed by atoms with van der Waals surface area (Å²) in [6.45, 7) is 19.0. The van der Waals surface area contributed by atoms with Crippen LogP contribution in [0.1, 0.15) is 48.0 Å². The fraction of sp³-hybridized carbons (Fsp3) is 0.857. The molecule has 0 radical (unpaired) electrons. The SMILES string of the molecule is CC(C)CC(C)/C=C/[Si](C)(C)C(C)(C)C. The lowest BCUT2D eigenvalue weighted by molar-refractivity contribution is 0.503. The zero-order valence-corrected chi connectivity index (χ0v) is 13.0. The molecule has 0 aliphatic heterocycles. The van der Waals surface area contributed by atoms with Gasteiger partial charge in [-0.15, -0.1) is 0 Å². The van der Waals surface area contributed by atoms with E-state index in [2.05, 4.69) is 66.4 Å². The van der Waals surface area contributed by atoms with Crippen LogP contribution in [0.3, 0.4) is 0 Å². The van der Waals surface area contributed by atoms with Crippen LogP contribution in [-0.4, -0.2) is 8.07 Å². The molecule has 0 heterocycles. The lowest BCUT2D eigenvalue weighted by atomic mass is 9.99. The highest BCUT2D eigenvalue weighted by Crippen LogP contribution is 2.36. The van der Waals surface area contributed by atoms with Gasteiger partial charge in [0, 0.05) is 0 Å². The quantitative estimate of drug-likeness (QED) is 0.573. The van der Waals surface area contributed by atoms with Gasteiger partial charge >= 0.3 is 0 Å². The molecule has 0 aliphatic rings. The molecule has 0 fully saturated rings. The summed E-state index contributed by atoms with van der Waals surface area (Å²) in [5, 5.41) is 0.473. The highest BCUT2D eigenvalue weighted by molar-refractivity contribution is 6.84. The van der Waals surface area contributed by atoms with E-state index in [1.807, 2.05) is 0 Å². The minimum Gasteiger partial charge on any atom is -0.0979 e. The highest BCUT2D eigenvalue weighted by atomic mass is 28.3. The number of hydrogen-bond donors (Lipinski definition) is 0. The van der Waals surface area contributed by atoms with Crippen molar-refractivity contribution in [3.05, 3.63) is 11.8 Å². The Morgan fingerprint density at radius 3 is 1.87 bits per heavy atom. The lowest BCUT2D eigenvalue weighted by Gasteiger charge is -2.34. The van der Waals surface area contributed by atoms with Crippen molar-refractivity contribution in [3.8, 4) is 0 Å². The highest BCUT2D eigenvalue weighted by Gasteiger charge is 2.32. The second kappa shape index (κ2) is 5.34. The van der Waals surface area contributed by atoms with Gasteiger partial charge in [-0.3, -0.25) is 0 Å². The molecule has 0 spiro atoms. The third kappa shape index (κ3) is 5.55. The summed E-state index contributed by atoms with van der Waals surface area (Å²) >= 11 is 0. The summed E-state index contributed by atoms with van der Waals surface area (Å²) < 4.78 is 0. The first-order chi connectivity index (χ1) is 6.56. The second-order valence-electron chi connectivity index (χ2n) is 6.94. The van der Waals surface area contributed by atoms with Crippen molar-refractivity contribution in [1.29, 1.82) is 0 Å². The van der Waals surface area contributed by atoms with E-state index in [1.165, 1.54) is 6.42 Å². The molecule has 0 rings (SSSR count). The average Bonchev–Trinajstić information content (AvgIpc) is 1.97. The zero-order chi connectivity index (χ0) is 12.3. The monoisotopic (exact) mass is 226 g/mol. The van der Waals surface area contributed by atoms with Crippen molar-refractivity contribution in [1.82, 2.24) is 0 Å². The van der Waals surface area contributed by atoms with Crippen LogP contribution in [0.4, 0.5) is 0 Å². The van der Waals surface area contributed by atoms with Gasteiger partial charge in [0.1, 0.15) is 0 Å². The Labute approximate surface area is 98.2 Å². The molecule has 15 heavy (non-hydrogen) atoms. The van der Waals surface area contributed by atoms with Crippen molar-refractivity contribution in [3.63, 3.8) is 0 Å². The predicted molar refractivity (Wildman–Crippen MR) is 75.0 cm³/mol. The number of hydrogen-bond acceptors (Lipinski definition) is 0. The molecule has 1 atom stereocenters. The second-order valence-corrected chi connectivity index (χ2v) is 12.2. The molecule has 0 amide bonds. The van der Waals surface area contributed by atoms with E-state index >= 15 is 0 Å². The molecule has 0 aromatic heterocycles. The smallest absolute Gasteiger partial charge is 0.0766 e. The fourth-order valence-corrected chi connectivity index (χ4v) is 2.79. The standard InChI is InChI=1S/C14H30Si/c1-12(2)11-13(3)9-10-15(7,8)14(4,5)6/h9-10,12-13H,11H2,1-8H3/b10-9+. The Bertz CT molecular complexity index is 206. The molecule has 0 aromatic carbocycles. The van der Waals surface area contributed by atoms with Gasteiger partial charge in [-0.1, -0.05) is 66.4 Å². The third-order valence-electron chi connectivity index (χ3n) is 3.62. The Morgan fingerprint density at radius 2 is 1.53 bits per heavy atom. The maximum Gasteiger partial charge on any atom is 0.0766 e. The zero-order valence-electron chi connectivity index (χ0n) is 12.0. The first kappa shape index (κ1) is 15.0. The molecule has 0 saturated heterocycles. The van der Waals surface area contributed by atoms with Gasteiger partial charge in [0.2, 0.25) is 0 Å². The summed E-state index contributed by atoms with van der Waals surface area (Å²) in [6, 6.07) is 0. The van der Waals surface area contributed by atoms with E-state index in [0.29, 0.717) is 5.04 Å². The summed E-state index contributed by atoms with van der Waals surface area (Å²) in [6.07, 6.45) is 3.77. The molecule has 0 nitrogen and oxygen atoms in total. The van der Waals surface area contributed by atoms with Crippen molar-refractivity contribution < 1.29 is 0 Å². The van der Waals surface area contributed by atoms with Crippen LogP contribution in [-0.2, 0) is 0 Å². The Hall–Kier alpha value is -0.0431. The van der Waals surface area contributed by atoms with Gasteiger partial charge in [0.25, 0.3) is 0 Å². The van der Waals surface area contributed by atoms with Gasteiger partial charge in [-0.05, 0) is 23.3 Å². The van der Waals surface area contributed by atoms with Crippen molar-refractivity contribution in [2.75, 3.05) is 0 Å². The number of rotatable bonds is 4. The van der Waals surface area contributed by atoms with Crippen molar-refractivity contribution >= 4 is 8.07 Å². The minimum absolute atomic E-state index is 0.473. The van der Waals surface area contributed by atoms with Crippen molar-refractivity contribution in [2.45, 2.75) is 66.1 Å². The molecular weight excluding hydrogens is 196 g/mol. The van der Waals surface area contributed by atoms with Gasteiger partial charge in [0.15, 0.2) is 0 Å². The summed E-state index contributed by atoms with van der Waals surface area (Å²) in [5.74, 6) is 1.54. The molecule has 1 unspecified atom stereocenters. The summed E-state index contributed by atoms with van der Waals surface area (Å²) in [7, 11) is -1.20. The van der Waals surface area contributed by atoms with E-state index in [9.17, 15) is 0 Å². The third-order valence-corrected chi connectivity index (χ3v) is 8.51. The van der Waals surface area contributed by atoms with E-state index in [0.717, 1.165) is 11.8 Å². The number of allylic oxidation sites excluding steroid dienone is 1. The maximum atomic E-state index is 2.54. The van der Waals surface area contributed by atoms with Gasteiger partial charge in [0.05, 0.1) is 8.07 Å². The fourth-order valence-electron chi connectivity index (χ4n) is 1.48. The Morgan fingerprint density at radius 1 is 1.07 bits per heavy atom. The predicted octanol–water partition coefficient (Wildman–Crippen LogP) is 5.27. The molecule has 0 saturated carbocycles. The van der Waals surface area contributed by atoms with Crippen LogP contribution in [0, 0.1) is 11.8 Å². The molecule has 1 heteroatoms. The van der Waals surface area contributed by atoms with E-state index in [4.69, 9.17) is 0 Å². The first-order valence-corrected chi connectivity index (χ1v) is 9.33. The average molecular weight is 226 g/mol. The van der Waals surface area contributed by atoms with Gasteiger partial charge in [-0.25, -0.2) is 0 Å². The van der Waals surface area contributed by atoms with Crippen molar-refractivity contribution in [2.24, 2.45) is 11.8 Å². The molecule has 90 valence electrons. The van der Waals surface area contributed by atoms with Gasteiger partial charge in [-0.2, -0.15) is 0 Å². The Balaban J connectivity index is 4.39. The van der Waals surface area contributed by atoms with Crippen LogP contribution < -0.4 is 0 Å². The normalized spacial score (nSPS) is 16.3. The summed E-state index contributed by atoms with van der Waals surface area (Å²) in [4.78, 5) is 0. The van der Waals surface area contributed by atoms with Crippen LogP contribution in [0.15, 0.2) is 11.8 Å². The molecule has 0 aromatic rings. The van der Waals surface area contributed by atoms with Crippen LogP contribution in [0.25, 0.3) is 0 Å². The van der Waals surface area contributed by atoms with E-state index in [1.54, 1.807) is 0 Å². The molecular formula is C14H30Si. The van der Waals surface area contributed by atoms with Crippen LogP contribution in [0.2, 0.25) is 18.1 Å². The first-order valence-electron chi connectivity index (χ1n) is 6.25. The summed E-state index contributed by atoms with van der Waals surface area (Å²) in [5.41, 5.74) is 2.54.